The van der Waals surface area contributed by atoms with Crippen LogP contribution in [0, 0.1) is 0 Å². The fraction of sp³-hybridized carbons (Fsp3) is 0.562. The van der Waals surface area contributed by atoms with Gasteiger partial charge in [-0.25, -0.2) is 4.79 Å². The molecule has 0 amide bonds. The predicted molar refractivity (Wildman–Crippen MR) is 80.4 cm³/mol. The summed E-state index contributed by atoms with van der Waals surface area (Å²) in [5, 5.41) is 1.55. The molecule has 3 nitrogen and oxygen atoms in total. The molecule has 0 saturated carbocycles. The maximum absolute atomic E-state index is 12.0. The number of ether oxygens (including phenoxy) is 2. The van der Waals surface area contributed by atoms with Crippen molar-refractivity contribution in [3.8, 4) is 5.75 Å². The topological polar surface area (TPSA) is 35.5 Å². The summed E-state index contributed by atoms with van der Waals surface area (Å²) in [4.78, 5) is 12.0. The summed E-state index contributed by atoms with van der Waals surface area (Å²) in [6, 6.07) is 6.16. The molecule has 1 fully saturated rings. The van der Waals surface area contributed by atoms with Gasteiger partial charge in [0.05, 0.1) is 6.61 Å². The number of carbonyl (C=O) groups excluding carboxylic acids is 1. The third-order valence-corrected chi connectivity index (χ3v) is 5.25. The van der Waals surface area contributed by atoms with E-state index in [4.69, 9.17) is 9.47 Å². The predicted octanol–water partition coefficient (Wildman–Crippen LogP) is 2.99. The van der Waals surface area contributed by atoms with Gasteiger partial charge in [-0.2, -0.15) is 11.8 Å². The zero-order valence-electron chi connectivity index (χ0n) is 12.1. The minimum atomic E-state index is -0.946. The van der Waals surface area contributed by atoms with Crippen LogP contribution in [0.4, 0.5) is 0 Å². The molecule has 4 heteroatoms. The number of hydrogen-bond acceptors (Lipinski definition) is 4. The quantitative estimate of drug-likeness (QED) is 0.631. The number of carbonyl (C=O) groups is 1. The van der Waals surface area contributed by atoms with Crippen LogP contribution in [0.15, 0.2) is 18.2 Å². The lowest BCUT2D eigenvalue weighted by molar-refractivity contribution is -0.158. The molecule has 0 bridgehead atoms. The molecule has 1 aromatic carbocycles. The van der Waals surface area contributed by atoms with Gasteiger partial charge in [-0.15, -0.1) is 0 Å². The van der Waals surface area contributed by atoms with Crippen LogP contribution in [0.1, 0.15) is 31.9 Å². The maximum atomic E-state index is 12.0. The Morgan fingerprint density at radius 3 is 2.85 bits per heavy atom. The van der Waals surface area contributed by atoms with Crippen LogP contribution < -0.4 is 4.74 Å². The molecule has 1 aliphatic carbocycles. The average Bonchev–Trinajstić information content (AvgIpc) is 3.15. The third-order valence-electron chi connectivity index (χ3n) is 3.88. The van der Waals surface area contributed by atoms with Gasteiger partial charge >= 0.3 is 5.97 Å². The normalized spacial score (nSPS) is 23.6. The standard InChI is InChI=1S/C16H20O3S/c1-4-18-15(17)16(2,3)19-12-7-5-6-10-8-13-14(20-13)9-11(10)12/h5-7,13-14H,4,8-9H2,1-3H3. The van der Waals surface area contributed by atoms with E-state index in [1.54, 1.807) is 13.8 Å². The molecule has 0 aromatic heterocycles. The average molecular weight is 292 g/mol. The lowest BCUT2D eigenvalue weighted by Gasteiger charge is -2.27. The fourth-order valence-electron chi connectivity index (χ4n) is 2.71. The highest BCUT2D eigenvalue weighted by atomic mass is 32.2. The van der Waals surface area contributed by atoms with E-state index in [0.29, 0.717) is 6.61 Å². The van der Waals surface area contributed by atoms with Crippen LogP contribution in [0.2, 0.25) is 0 Å². The Labute approximate surface area is 124 Å². The van der Waals surface area contributed by atoms with Crippen molar-refractivity contribution >= 4 is 17.7 Å². The van der Waals surface area contributed by atoms with Crippen LogP contribution >= 0.6 is 11.8 Å². The second kappa shape index (κ2) is 4.99. The molecular formula is C16H20O3S. The molecule has 2 unspecified atom stereocenters. The highest BCUT2D eigenvalue weighted by Crippen LogP contribution is 2.51. The summed E-state index contributed by atoms with van der Waals surface area (Å²) in [5.74, 6) is 0.526. The summed E-state index contributed by atoms with van der Waals surface area (Å²) in [6.45, 7) is 5.71. The molecule has 0 spiro atoms. The minimum absolute atomic E-state index is 0.313. The first kappa shape index (κ1) is 13.8. The van der Waals surface area contributed by atoms with E-state index >= 15 is 0 Å². The number of benzene rings is 1. The van der Waals surface area contributed by atoms with Gasteiger partial charge in [0.15, 0.2) is 5.60 Å². The molecule has 1 aromatic rings. The van der Waals surface area contributed by atoms with Gasteiger partial charge in [0.2, 0.25) is 0 Å². The van der Waals surface area contributed by atoms with Crippen molar-refractivity contribution in [2.75, 3.05) is 6.61 Å². The number of esters is 1. The Balaban J connectivity index is 1.83. The second-order valence-corrected chi connectivity index (χ2v) is 7.33. The van der Waals surface area contributed by atoms with Crippen molar-refractivity contribution in [1.29, 1.82) is 0 Å². The van der Waals surface area contributed by atoms with Gasteiger partial charge < -0.3 is 9.47 Å². The lowest BCUT2D eigenvalue weighted by Crippen LogP contribution is -2.40. The van der Waals surface area contributed by atoms with Crippen molar-refractivity contribution in [2.45, 2.75) is 49.7 Å². The number of rotatable bonds is 4. The van der Waals surface area contributed by atoms with Gasteiger partial charge in [-0.05, 0) is 50.8 Å². The second-order valence-electron chi connectivity index (χ2n) is 5.85. The molecule has 2 atom stereocenters. The van der Waals surface area contributed by atoms with E-state index in [-0.39, 0.29) is 5.97 Å². The molecule has 1 saturated heterocycles. The fourth-order valence-corrected chi connectivity index (χ4v) is 3.80. The van der Waals surface area contributed by atoms with E-state index in [1.165, 1.54) is 11.1 Å². The van der Waals surface area contributed by atoms with Gasteiger partial charge in [0.1, 0.15) is 5.75 Å². The largest absolute Gasteiger partial charge is 0.476 e. The molecular weight excluding hydrogens is 272 g/mol. The summed E-state index contributed by atoms with van der Waals surface area (Å²) in [6.07, 6.45) is 2.18. The molecule has 3 rings (SSSR count). The van der Waals surface area contributed by atoms with E-state index in [1.807, 2.05) is 30.8 Å². The number of thioether (sulfide) groups is 1. The minimum Gasteiger partial charge on any atom is -0.476 e. The van der Waals surface area contributed by atoms with Crippen molar-refractivity contribution in [3.05, 3.63) is 29.3 Å². The Bertz CT molecular complexity index is 539. The Hall–Kier alpha value is -1.16. The molecule has 20 heavy (non-hydrogen) atoms. The summed E-state index contributed by atoms with van der Waals surface area (Å²) in [5.41, 5.74) is 1.70. The summed E-state index contributed by atoms with van der Waals surface area (Å²) >= 11 is 2.05. The van der Waals surface area contributed by atoms with Crippen molar-refractivity contribution in [3.63, 3.8) is 0 Å². The Morgan fingerprint density at radius 1 is 1.35 bits per heavy atom. The first-order valence-corrected chi connectivity index (χ1v) is 8.08. The summed E-state index contributed by atoms with van der Waals surface area (Å²) in [7, 11) is 0. The Morgan fingerprint density at radius 2 is 2.10 bits per heavy atom. The molecule has 0 radical (unpaired) electrons. The first-order valence-electron chi connectivity index (χ1n) is 7.13. The zero-order chi connectivity index (χ0) is 14.3. The van der Waals surface area contributed by atoms with Gasteiger partial charge in [0, 0.05) is 10.5 Å². The van der Waals surface area contributed by atoms with Gasteiger partial charge in [-0.1, -0.05) is 12.1 Å². The zero-order valence-corrected chi connectivity index (χ0v) is 13.0. The van der Waals surface area contributed by atoms with E-state index in [0.717, 1.165) is 29.1 Å². The molecule has 1 aliphatic heterocycles. The summed E-state index contributed by atoms with van der Waals surface area (Å²) < 4.78 is 11.1. The first-order chi connectivity index (χ1) is 9.51. The number of fused-ring (bicyclic) bond motifs is 2. The highest BCUT2D eigenvalue weighted by molar-refractivity contribution is 8.07. The molecule has 108 valence electrons. The Kier molecular flexibility index (Phi) is 3.44. The molecule has 0 N–H and O–H groups in total. The van der Waals surface area contributed by atoms with Crippen LogP contribution in [0.25, 0.3) is 0 Å². The van der Waals surface area contributed by atoms with Gasteiger partial charge in [0.25, 0.3) is 0 Å². The highest BCUT2D eigenvalue weighted by Gasteiger charge is 2.43. The number of hydrogen-bond donors (Lipinski definition) is 0. The van der Waals surface area contributed by atoms with E-state index in [2.05, 4.69) is 6.07 Å². The molecule has 2 aliphatic rings. The monoisotopic (exact) mass is 292 g/mol. The molecule has 1 heterocycles. The maximum Gasteiger partial charge on any atom is 0.349 e. The smallest absolute Gasteiger partial charge is 0.349 e. The van der Waals surface area contributed by atoms with Crippen molar-refractivity contribution in [1.82, 2.24) is 0 Å². The van der Waals surface area contributed by atoms with Crippen LogP contribution in [0.3, 0.4) is 0 Å². The van der Waals surface area contributed by atoms with Crippen molar-refractivity contribution < 1.29 is 14.3 Å². The third kappa shape index (κ3) is 2.53. The van der Waals surface area contributed by atoms with Crippen LogP contribution in [0.5, 0.6) is 5.75 Å². The van der Waals surface area contributed by atoms with Crippen LogP contribution in [-0.4, -0.2) is 28.7 Å². The van der Waals surface area contributed by atoms with E-state index < -0.39 is 5.60 Å². The van der Waals surface area contributed by atoms with Crippen LogP contribution in [-0.2, 0) is 22.4 Å². The van der Waals surface area contributed by atoms with E-state index in [9.17, 15) is 4.79 Å². The van der Waals surface area contributed by atoms with Gasteiger partial charge in [-0.3, -0.25) is 0 Å². The van der Waals surface area contributed by atoms with Crippen molar-refractivity contribution in [2.24, 2.45) is 0 Å². The lowest BCUT2D eigenvalue weighted by atomic mass is 9.91. The SMILES string of the molecule is CCOC(=O)C(C)(C)Oc1cccc2c1CC1SC1C2.